The molecule has 3 N–H and O–H groups in total. The number of ether oxygens (including phenoxy) is 1. The maximum atomic E-state index is 9.19. The van der Waals surface area contributed by atoms with Crippen molar-refractivity contribution in [2.24, 2.45) is 0 Å². The molecule has 20 heavy (non-hydrogen) atoms. The Labute approximate surface area is 120 Å². The summed E-state index contributed by atoms with van der Waals surface area (Å²) in [5.74, 6) is 0.907. The Bertz CT molecular complexity index is 511. The first-order valence-electron chi connectivity index (χ1n) is 7.04. The average molecular weight is 272 g/mol. The molecule has 106 valence electrons. The Morgan fingerprint density at radius 1 is 1.05 bits per heavy atom. The van der Waals surface area contributed by atoms with Crippen LogP contribution in [0.2, 0.25) is 0 Å². The summed E-state index contributed by atoms with van der Waals surface area (Å²) in [6, 6.07) is 18.3. The van der Waals surface area contributed by atoms with Gasteiger partial charge in [0, 0.05) is 5.56 Å². The van der Waals surface area contributed by atoms with E-state index in [-0.39, 0.29) is 6.10 Å². The molecule has 0 aliphatic heterocycles. The molecule has 0 heterocycles. The first-order chi connectivity index (χ1) is 9.77. The normalized spacial score (nSPS) is 12.1. The zero-order chi connectivity index (χ0) is 14.2. The molecule has 2 aromatic rings. The lowest BCUT2D eigenvalue weighted by molar-refractivity contribution is -0.661. The standard InChI is InChI=1S/C17H21NO2/c1-14(19)13-18-11-12-20-17-10-6-5-9-16(17)15-7-3-2-4-8-15/h2-10,14,18-19H,11-13H2,1H3/p+1/t14-/m0/s1. The number of hydrogen-bond donors (Lipinski definition) is 2. The molecule has 0 fully saturated rings. The Hall–Kier alpha value is -1.84. The molecule has 0 spiro atoms. The molecule has 0 amide bonds. The van der Waals surface area contributed by atoms with Gasteiger partial charge in [-0.2, -0.15) is 0 Å². The van der Waals surface area contributed by atoms with Gasteiger partial charge < -0.3 is 15.2 Å². The number of nitrogens with two attached hydrogens (primary N) is 1. The summed E-state index contributed by atoms with van der Waals surface area (Å²) < 4.78 is 5.86. The summed E-state index contributed by atoms with van der Waals surface area (Å²) in [6.45, 7) is 3.98. The molecule has 2 aromatic carbocycles. The van der Waals surface area contributed by atoms with E-state index in [1.807, 2.05) is 36.4 Å². The summed E-state index contributed by atoms with van der Waals surface area (Å²) in [5, 5.41) is 11.3. The number of aliphatic hydroxyl groups excluding tert-OH is 1. The maximum Gasteiger partial charge on any atom is 0.137 e. The Balaban J connectivity index is 1.95. The van der Waals surface area contributed by atoms with Crippen LogP contribution in [0.15, 0.2) is 54.6 Å². The zero-order valence-corrected chi connectivity index (χ0v) is 11.8. The van der Waals surface area contributed by atoms with E-state index < -0.39 is 0 Å². The first kappa shape index (κ1) is 14.6. The van der Waals surface area contributed by atoms with Crippen molar-refractivity contribution in [1.29, 1.82) is 0 Å². The molecular weight excluding hydrogens is 250 g/mol. The summed E-state index contributed by atoms with van der Waals surface area (Å²) in [7, 11) is 0. The first-order valence-corrected chi connectivity index (χ1v) is 7.04. The Kier molecular flexibility index (Phi) is 5.59. The molecule has 0 aromatic heterocycles. The van der Waals surface area contributed by atoms with Crippen molar-refractivity contribution >= 4 is 0 Å². The van der Waals surface area contributed by atoms with Gasteiger partial charge in [-0.05, 0) is 18.6 Å². The molecule has 0 radical (unpaired) electrons. The summed E-state index contributed by atoms with van der Waals surface area (Å²) in [5.41, 5.74) is 2.28. The maximum absolute atomic E-state index is 9.19. The Morgan fingerprint density at radius 3 is 2.50 bits per heavy atom. The molecule has 0 aliphatic rings. The lowest BCUT2D eigenvalue weighted by atomic mass is 10.1. The van der Waals surface area contributed by atoms with Crippen molar-refractivity contribution in [1.82, 2.24) is 0 Å². The van der Waals surface area contributed by atoms with Gasteiger partial charge in [0.2, 0.25) is 0 Å². The molecule has 0 aliphatic carbocycles. The Morgan fingerprint density at radius 2 is 1.75 bits per heavy atom. The van der Waals surface area contributed by atoms with Gasteiger partial charge in [-0.25, -0.2) is 0 Å². The largest absolute Gasteiger partial charge is 0.487 e. The third kappa shape index (κ3) is 4.37. The van der Waals surface area contributed by atoms with Crippen LogP contribution in [0.3, 0.4) is 0 Å². The van der Waals surface area contributed by atoms with Crippen molar-refractivity contribution in [2.75, 3.05) is 19.7 Å². The molecule has 3 nitrogen and oxygen atoms in total. The van der Waals surface area contributed by atoms with E-state index in [0.717, 1.165) is 23.4 Å². The van der Waals surface area contributed by atoms with Crippen molar-refractivity contribution in [3.8, 4) is 16.9 Å². The van der Waals surface area contributed by atoms with Crippen LogP contribution in [0.4, 0.5) is 0 Å². The van der Waals surface area contributed by atoms with Crippen LogP contribution in [0.5, 0.6) is 5.75 Å². The minimum Gasteiger partial charge on any atom is -0.487 e. The van der Waals surface area contributed by atoms with E-state index in [1.54, 1.807) is 6.92 Å². The highest BCUT2D eigenvalue weighted by Crippen LogP contribution is 2.29. The third-order valence-corrected chi connectivity index (χ3v) is 3.06. The summed E-state index contributed by atoms with van der Waals surface area (Å²) >= 11 is 0. The second-order valence-electron chi connectivity index (χ2n) is 4.87. The summed E-state index contributed by atoms with van der Waals surface area (Å²) in [6.07, 6.45) is -0.272. The molecular formula is C17H22NO2+. The fourth-order valence-corrected chi connectivity index (χ4v) is 2.06. The van der Waals surface area contributed by atoms with Crippen molar-refractivity contribution < 1.29 is 15.2 Å². The molecule has 0 saturated heterocycles. The fraction of sp³-hybridized carbons (Fsp3) is 0.294. The lowest BCUT2D eigenvalue weighted by Crippen LogP contribution is -2.87. The van der Waals surface area contributed by atoms with Crippen molar-refractivity contribution in [2.45, 2.75) is 13.0 Å². The predicted octanol–water partition coefficient (Wildman–Crippen LogP) is 1.68. The van der Waals surface area contributed by atoms with Crippen LogP contribution in [0.1, 0.15) is 6.92 Å². The highest BCUT2D eigenvalue weighted by Gasteiger charge is 2.05. The van der Waals surface area contributed by atoms with Gasteiger partial charge in [0.25, 0.3) is 0 Å². The lowest BCUT2D eigenvalue weighted by Gasteiger charge is -2.11. The monoisotopic (exact) mass is 272 g/mol. The second-order valence-corrected chi connectivity index (χ2v) is 4.87. The van der Waals surface area contributed by atoms with Crippen LogP contribution >= 0.6 is 0 Å². The van der Waals surface area contributed by atoms with Gasteiger partial charge in [0.05, 0.1) is 6.10 Å². The van der Waals surface area contributed by atoms with E-state index >= 15 is 0 Å². The zero-order valence-electron chi connectivity index (χ0n) is 11.8. The van der Waals surface area contributed by atoms with Gasteiger partial charge in [-0.15, -0.1) is 0 Å². The van der Waals surface area contributed by atoms with Gasteiger partial charge in [-0.3, -0.25) is 0 Å². The summed E-state index contributed by atoms with van der Waals surface area (Å²) in [4.78, 5) is 0. The highest BCUT2D eigenvalue weighted by atomic mass is 16.5. The predicted molar refractivity (Wildman–Crippen MR) is 80.7 cm³/mol. The van der Waals surface area contributed by atoms with E-state index in [9.17, 15) is 5.11 Å². The number of para-hydroxylation sites is 1. The van der Waals surface area contributed by atoms with E-state index in [4.69, 9.17) is 4.74 Å². The van der Waals surface area contributed by atoms with Crippen molar-refractivity contribution in [3.05, 3.63) is 54.6 Å². The fourth-order valence-electron chi connectivity index (χ4n) is 2.06. The quantitative estimate of drug-likeness (QED) is 0.753. The highest BCUT2D eigenvalue weighted by molar-refractivity contribution is 5.70. The molecule has 2 rings (SSSR count). The molecule has 0 unspecified atom stereocenters. The number of aliphatic hydroxyl groups is 1. The van der Waals surface area contributed by atoms with Crippen LogP contribution in [0.25, 0.3) is 11.1 Å². The van der Waals surface area contributed by atoms with Gasteiger partial charge in [-0.1, -0.05) is 48.5 Å². The number of hydrogen-bond acceptors (Lipinski definition) is 2. The smallest absolute Gasteiger partial charge is 0.137 e. The molecule has 3 heteroatoms. The molecule has 0 bridgehead atoms. The third-order valence-electron chi connectivity index (χ3n) is 3.06. The van der Waals surface area contributed by atoms with Crippen LogP contribution in [-0.2, 0) is 0 Å². The number of benzene rings is 2. The van der Waals surface area contributed by atoms with Crippen LogP contribution in [-0.4, -0.2) is 30.9 Å². The average Bonchev–Trinajstić information content (AvgIpc) is 2.48. The van der Waals surface area contributed by atoms with Gasteiger partial charge >= 0.3 is 0 Å². The van der Waals surface area contributed by atoms with Crippen LogP contribution < -0.4 is 10.1 Å². The number of rotatable bonds is 7. The van der Waals surface area contributed by atoms with E-state index in [1.165, 1.54) is 0 Å². The van der Waals surface area contributed by atoms with E-state index in [0.29, 0.717) is 13.2 Å². The number of quaternary nitrogens is 1. The molecule has 0 saturated carbocycles. The molecule has 1 atom stereocenters. The van der Waals surface area contributed by atoms with Crippen molar-refractivity contribution in [3.63, 3.8) is 0 Å². The minimum absolute atomic E-state index is 0.272. The van der Waals surface area contributed by atoms with Crippen LogP contribution in [0, 0.1) is 0 Å². The second kappa shape index (κ2) is 7.68. The van der Waals surface area contributed by atoms with Gasteiger partial charge in [0.15, 0.2) is 0 Å². The van der Waals surface area contributed by atoms with Gasteiger partial charge in [0.1, 0.15) is 25.4 Å². The SMILES string of the molecule is C[C@H](O)C[NH2+]CCOc1ccccc1-c1ccccc1. The minimum atomic E-state index is -0.272. The topological polar surface area (TPSA) is 46.1 Å². The van der Waals surface area contributed by atoms with E-state index in [2.05, 4.69) is 23.5 Å².